The maximum Gasteiger partial charge on any atom is 0.217 e. The molecular formula is C8H16I2N2O2. The average Bonchev–Trinajstić information content (AvgIpc) is 2.05. The maximum atomic E-state index is 10.6. The molecule has 84 valence electrons. The van der Waals surface area contributed by atoms with E-state index in [1.807, 2.05) is 13.8 Å². The van der Waals surface area contributed by atoms with E-state index in [1.54, 1.807) is 0 Å². The van der Waals surface area contributed by atoms with Gasteiger partial charge < -0.3 is 10.6 Å². The van der Waals surface area contributed by atoms with Crippen molar-refractivity contribution in [3.8, 4) is 0 Å². The SMILES string of the molecule is CC(=O)NC(C)C(C)NC(C)=O.II. The number of hydrogen-bond acceptors (Lipinski definition) is 2. The molecule has 2 N–H and O–H groups in total. The molecular weight excluding hydrogens is 410 g/mol. The Morgan fingerprint density at radius 3 is 1.29 bits per heavy atom. The van der Waals surface area contributed by atoms with Crippen LogP contribution in [0.2, 0.25) is 0 Å². The lowest BCUT2D eigenvalue weighted by Gasteiger charge is -2.20. The Hall–Kier alpha value is 0.400. The summed E-state index contributed by atoms with van der Waals surface area (Å²) in [4.78, 5) is 21.2. The Morgan fingerprint density at radius 1 is 0.929 bits per heavy atom. The fourth-order valence-electron chi connectivity index (χ4n) is 0.891. The summed E-state index contributed by atoms with van der Waals surface area (Å²) in [5, 5.41) is 5.39. The van der Waals surface area contributed by atoms with E-state index >= 15 is 0 Å². The van der Waals surface area contributed by atoms with Crippen LogP contribution >= 0.6 is 37.2 Å². The van der Waals surface area contributed by atoms with E-state index in [0.717, 1.165) is 0 Å². The minimum Gasteiger partial charge on any atom is -0.352 e. The van der Waals surface area contributed by atoms with Crippen molar-refractivity contribution in [2.24, 2.45) is 0 Å². The first-order chi connectivity index (χ1) is 6.43. The van der Waals surface area contributed by atoms with Gasteiger partial charge in [0.05, 0.1) is 0 Å². The first kappa shape index (κ1) is 16.8. The Morgan fingerprint density at radius 2 is 1.14 bits per heavy atom. The van der Waals surface area contributed by atoms with Crippen molar-refractivity contribution in [3.63, 3.8) is 0 Å². The van der Waals surface area contributed by atoms with Gasteiger partial charge in [-0.2, -0.15) is 0 Å². The van der Waals surface area contributed by atoms with Crippen molar-refractivity contribution in [3.05, 3.63) is 0 Å². The zero-order chi connectivity index (χ0) is 11.7. The van der Waals surface area contributed by atoms with E-state index in [-0.39, 0.29) is 23.9 Å². The molecule has 0 saturated heterocycles. The summed E-state index contributed by atoms with van der Waals surface area (Å²) in [5.74, 6) is -0.167. The van der Waals surface area contributed by atoms with Crippen molar-refractivity contribution < 1.29 is 9.59 Å². The summed E-state index contributed by atoms with van der Waals surface area (Å²) in [5.41, 5.74) is 0. The van der Waals surface area contributed by atoms with Gasteiger partial charge in [-0.15, -0.1) is 0 Å². The average molecular weight is 426 g/mol. The lowest BCUT2D eigenvalue weighted by atomic mass is 10.1. The minimum atomic E-state index is -0.0836. The topological polar surface area (TPSA) is 58.2 Å². The Balaban J connectivity index is 0. The van der Waals surface area contributed by atoms with Crippen molar-refractivity contribution in [1.82, 2.24) is 10.6 Å². The van der Waals surface area contributed by atoms with Crippen LogP contribution in [-0.2, 0) is 9.59 Å². The van der Waals surface area contributed by atoms with Gasteiger partial charge >= 0.3 is 0 Å². The first-order valence-electron chi connectivity index (χ1n) is 4.12. The van der Waals surface area contributed by atoms with Gasteiger partial charge in [-0.05, 0) is 13.8 Å². The second-order valence-corrected chi connectivity index (χ2v) is 2.98. The number of nitrogens with one attached hydrogen (secondary N) is 2. The molecule has 2 atom stereocenters. The Kier molecular flexibility index (Phi) is 11.9. The predicted octanol–water partition coefficient (Wildman–Crippen LogP) is 1.81. The van der Waals surface area contributed by atoms with E-state index in [2.05, 4.69) is 47.9 Å². The number of carbonyl (C=O) groups is 2. The molecule has 0 rings (SSSR count). The molecule has 14 heavy (non-hydrogen) atoms. The van der Waals surface area contributed by atoms with Gasteiger partial charge in [0, 0.05) is 63.2 Å². The van der Waals surface area contributed by atoms with Crippen LogP contribution < -0.4 is 10.6 Å². The predicted molar refractivity (Wildman–Crippen MR) is 74.6 cm³/mol. The maximum absolute atomic E-state index is 10.6. The third kappa shape index (κ3) is 10.5. The molecule has 0 saturated carbocycles. The van der Waals surface area contributed by atoms with Crippen LogP contribution in [0.3, 0.4) is 0 Å². The highest BCUT2D eigenvalue weighted by Crippen LogP contribution is 1.91. The molecule has 6 heteroatoms. The normalized spacial score (nSPS) is 13.0. The van der Waals surface area contributed by atoms with Crippen LogP contribution in [-0.4, -0.2) is 23.9 Å². The van der Waals surface area contributed by atoms with E-state index < -0.39 is 0 Å². The second kappa shape index (κ2) is 9.94. The quantitative estimate of drug-likeness (QED) is 0.677. The van der Waals surface area contributed by atoms with Gasteiger partial charge in [-0.25, -0.2) is 0 Å². The first-order valence-corrected chi connectivity index (χ1v) is 10.4. The van der Waals surface area contributed by atoms with E-state index in [4.69, 9.17) is 0 Å². The standard InChI is InChI=1S/C8H16N2O2.I2/c1-5(9-7(3)11)6(2)10-8(4)12;1-2/h5-6H,1-4H3,(H,9,11)(H,10,12);. The fourth-order valence-corrected chi connectivity index (χ4v) is 0.891. The molecule has 0 aliphatic heterocycles. The molecule has 0 aliphatic carbocycles. The number of rotatable bonds is 3. The van der Waals surface area contributed by atoms with Crippen LogP contribution in [0.25, 0.3) is 0 Å². The van der Waals surface area contributed by atoms with Gasteiger partial charge in [-0.1, -0.05) is 0 Å². The number of halogens is 2. The van der Waals surface area contributed by atoms with Gasteiger partial charge in [-0.3, -0.25) is 9.59 Å². The molecule has 0 aromatic carbocycles. The summed E-state index contributed by atoms with van der Waals surface area (Å²) in [6, 6.07) is -0.0715. The number of carbonyl (C=O) groups excluding carboxylic acids is 2. The molecule has 0 radical (unpaired) electrons. The van der Waals surface area contributed by atoms with Crippen molar-refractivity contribution in [2.45, 2.75) is 39.8 Å². The molecule has 0 aromatic heterocycles. The Bertz CT molecular complexity index is 168. The second-order valence-electron chi connectivity index (χ2n) is 2.98. The molecule has 2 amide bonds. The van der Waals surface area contributed by atoms with Gasteiger partial charge in [0.15, 0.2) is 0 Å². The van der Waals surface area contributed by atoms with Crippen LogP contribution in [0, 0.1) is 0 Å². The van der Waals surface area contributed by atoms with E-state index in [9.17, 15) is 9.59 Å². The fraction of sp³-hybridized carbons (Fsp3) is 0.750. The molecule has 0 heterocycles. The summed E-state index contributed by atoms with van der Waals surface area (Å²) in [6.45, 7) is 6.61. The lowest BCUT2D eigenvalue weighted by molar-refractivity contribution is -0.122. The number of hydrogen-bond donors (Lipinski definition) is 2. The monoisotopic (exact) mass is 426 g/mol. The Labute approximate surface area is 108 Å². The highest BCUT2D eigenvalue weighted by Gasteiger charge is 2.12. The number of amides is 2. The third-order valence-corrected chi connectivity index (χ3v) is 1.61. The van der Waals surface area contributed by atoms with Crippen LogP contribution in [0.5, 0.6) is 0 Å². The highest BCUT2D eigenvalue weighted by atomic mass is 128. The molecule has 0 spiro atoms. The van der Waals surface area contributed by atoms with Crippen molar-refractivity contribution in [1.29, 1.82) is 0 Å². The lowest BCUT2D eigenvalue weighted by Crippen LogP contribution is -2.47. The third-order valence-electron chi connectivity index (χ3n) is 1.61. The van der Waals surface area contributed by atoms with E-state index in [0.29, 0.717) is 0 Å². The zero-order valence-electron chi connectivity index (χ0n) is 8.73. The van der Waals surface area contributed by atoms with Gasteiger partial charge in [0.1, 0.15) is 0 Å². The molecule has 0 fully saturated rings. The molecule has 0 aromatic rings. The highest BCUT2D eigenvalue weighted by molar-refractivity contribution is 15.0. The molecule has 2 unspecified atom stereocenters. The largest absolute Gasteiger partial charge is 0.352 e. The minimum absolute atomic E-state index is 0.0357. The summed E-state index contributed by atoms with van der Waals surface area (Å²) >= 11 is 4.24. The van der Waals surface area contributed by atoms with Crippen LogP contribution in [0.1, 0.15) is 27.7 Å². The zero-order valence-corrected chi connectivity index (χ0v) is 13.0. The summed E-state index contributed by atoms with van der Waals surface area (Å²) < 4.78 is 0. The molecule has 4 nitrogen and oxygen atoms in total. The van der Waals surface area contributed by atoms with Crippen molar-refractivity contribution in [2.75, 3.05) is 0 Å². The van der Waals surface area contributed by atoms with Crippen molar-refractivity contribution >= 4 is 49.0 Å². The molecule has 0 bridgehead atoms. The summed E-state index contributed by atoms with van der Waals surface area (Å²) in [6.07, 6.45) is 0. The van der Waals surface area contributed by atoms with Gasteiger partial charge in [0.2, 0.25) is 11.8 Å². The van der Waals surface area contributed by atoms with Crippen LogP contribution in [0.15, 0.2) is 0 Å². The van der Waals surface area contributed by atoms with Crippen LogP contribution in [0.4, 0.5) is 0 Å². The molecule has 0 aliphatic rings. The van der Waals surface area contributed by atoms with Gasteiger partial charge in [0.25, 0.3) is 0 Å². The van der Waals surface area contributed by atoms with E-state index in [1.165, 1.54) is 13.8 Å². The summed E-state index contributed by atoms with van der Waals surface area (Å²) in [7, 11) is 0. The smallest absolute Gasteiger partial charge is 0.217 e.